The van der Waals surface area contributed by atoms with Gasteiger partial charge in [-0.3, -0.25) is 9.59 Å². The van der Waals surface area contributed by atoms with Crippen LogP contribution in [0.15, 0.2) is 24.3 Å². The molecule has 0 bridgehead atoms. The number of alkyl carbamates (subject to hydrolysis) is 1. The van der Waals surface area contributed by atoms with E-state index in [-0.39, 0.29) is 18.9 Å². The van der Waals surface area contributed by atoms with Crippen LogP contribution in [0.4, 0.5) is 10.5 Å². The third kappa shape index (κ3) is 10.4. The summed E-state index contributed by atoms with van der Waals surface area (Å²) >= 11 is 0. The smallest absolute Gasteiger partial charge is 0.407 e. The van der Waals surface area contributed by atoms with Crippen LogP contribution >= 0.6 is 0 Å². The third-order valence-corrected chi connectivity index (χ3v) is 3.88. The van der Waals surface area contributed by atoms with Crippen molar-refractivity contribution in [2.45, 2.75) is 45.8 Å². The van der Waals surface area contributed by atoms with Crippen LogP contribution in [-0.2, 0) is 25.6 Å². The van der Waals surface area contributed by atoms with Gasteiger partial charge < -0.3 is 24.6 Å². The molecule has 8 nitrogen and oxygen atoms in total. The van der Waals surface area contributed by atoms with Gasteiger partial charge in [-0.05, 0) is 44.9 Å². The molecule has 0 spiro atoms. The van der Waals surface area contributed by atoms with Gasteiger partial charge in [-0.15, -0.1) is 0 Å². The molecule has 0 atom stereocenters. The van der Waals surface area contributed by atoms with Crippen molar-refractivity contribution in [3.63, 3.8) is 0 Å². The first-order chi connectivity index (χ1) is 13.5. The quantitative estimate of drug-likeness (QED) is 0.500. The normalized spacial score (nSPS) is 10.8. The maximum Gasteiger partial charge on any atom is 0.407 e. The van der Waals surface area contributed by atoms with E-state index in [0.717, 1.165) is 11.3 Å². The maximum absolute atomic E-state index is 12.1. The van der Waals surface area contributed by atoms with Crippen molar-refractivity contribution in [1.82, 2.24) is 10.2 Å². The molecule has 29 heavy (non-hydrogen) atoms. The molecule has 1 aromatic carbocycles. The molecule has 0 saturated heterocycles. The van der Waals surface area contributed by atoms with Crippen LogP contribution in [-0.4, -0.2) is 62.8 Å². The van der Waals surface area contributed by atoms with Crippen molar-refractivity contribution in [1.29, 1.82) is 0 Å². The van der Waals surface area contributed by atoms with Gasteiger partial charge in [0.15, 0.2) is 6.61 Å². The molecule has 162 valence electrons. The van der Waals surface area contributed by atoms with Crippen LogP contribution in [0.1, 0.15) is 39.2 Å². The number of amides is 2. The second kappa shape index (κ2) is 11.3. The predicted octanol–water partition coefficient (Wildman–Crippen LogP) is 2.56. The van der Waals surface area contributed by atoms with Crippen LogP contribution in [0.25, 0.3) is 0 Å². The van der Waals surface area contributed by atoms with E-state index >= 15 is 0 Å². The Bertz CT molecular complexity index is 681. The van der Waals surface area contributed by atoms with E-state index in [2.05, 4.69) is 5.32 Å². The number of rotatable bonds is 9. The highest BCUT2D eigenvalue weighted by Crippen LogP contribution is 2.13. The monoisotopic (exact) mass is 407 g/mol. The van der Waals surface area contributed by atoms with Gasteiger partial charge >= 0.3 is 12.1 Å². The van der Waals surface area contributed by atoms with Gasteiger partial charge in [-0.2, -0.15) is 0 Å². The first kappa shape index (κ1) is 24.3. The van der Waals surface area contributed by atoms with Gasteiger partial charge in [0.2, 0.25) is 0 Å². The molecule has 0 unspecified atom stereocenters. The zero-order valence-electron chi connectivity index (χ0n) is 18.3. The molecule has 0 fully saturated rings. The molecular weight excluding hydrogens is 374 g/mol. The Kier molecular flexibility index (Phi) is 9.44. The van der Waals surface area contributed by atoms with Crippen molar-refractivity contribution in [2.75, 3.05) is 39.2 Å². The van der Waals surface area contributed by atoms with E-state index in [0.29, 0.717) is 19.5 Å². The number of benzene rings is 1. The average molecular weight is 408 g/mol. The Morgan fingerprint density at radius 1 is 1.03 bits per heavy atom. The molecule has 0 saturated carbocycles. The second-order valence-electron chi connectivity index (χ2n) is 8.00. The molecule has 8 heteroatoms. The van der Waals surface area contributed by atoms with Crippen molar-refractivity contribution in [2.24, 2.45) is 0 Å². The van der Waals surface area contributed by atoms with Gasteiger partial charge in [0.1, 0.15) is 5.60 Å². The fourth-order valence-electron chi connectivity index (χ4n) is 2.32. The summed E-state index contributed by atoms with van der Waals surface area (Å²) in [6, 6.07) is 7.89. The third-order valence-electron chi connectivity index (χ3n) is 3.88. The highest BCUT2D eigenvalue weighted by Gasteiger charge is 2.16. The Labute approximate surface area is 173 Å². The number of hydrogen-bond acceptors (Lipinski definition) is 6. The van der Waals surface area contributed by atoms with E-state index in [9.17, 15) is 14.4 Å². The van der Waals surface area contributed by atoms with Gasteiger partial charge in [0, 0.05) is 46.3 Å². The molecule has 1 N–H and O–H groups in total. The number of esters is 1. The summed E-state index contributed by atoms with van der Waals surface area (Å²) in [7, 11) is 5.60. The minimum atomic E-state index is -0.566. The number of nitrogens with one attached hydrogen (secondary N) is 1. The average Bonchev–Trinajstić information content (AvgIpc) is 2.62. The maximum atomic E-state index is 12.1. The van der Waals surface area contributed by atoms with Crippen molar-refractivity contribution < 1.29 is 23.9 Å². The number of carbonyl (C=O) groups excluding carboxylic acids is 3. The Hall–Kier alpha value is -2.77. The number of nitrogens with zero attached hydrogens (tertiary/aromatic N) is 2. The van der Waals surface area contributed by atoms with E-state index in [4.69, 9.17) is 9.47 Å². The van der Waals surface area contributed by atoms with Gasteiger partial charge in [-0.1, -0.05) is 12.1 Å². The lowest BCUT2D eigenvalue weighted by atomic mass is 10.2. The first-order valence-corrected chi connectivity index (χ1v) is 9.60. The molecule has 0 aromatic heterocycles. The lowest BCUT2D eigenvalue weighted by molar-refractivity contribution is -0.151. The Morgan fingerprint density at radius 2 is 1.66 bits per heavy atom. The Balaban J connectivity index is 2.25. The minimum absolute atomic E-state index is 0.110. The number of likely N-dealkylation sites (N-methyl/N-ethyl adjacent to an activating group) is 1. The molecule has 2 amide bonds. The topological polar surface area (TPSA) is 88.2 Å². The molecule has 0 aliphatic rings. The van der Waals surface area contributed by atoms with E-state index in [1.165, 1.54) is 4.90 Å². The molecule has 1 aromatic rings. The molecule has 1 rings (SSSR count). The number of anilines is 1. The van der Waals surface area contributed by atoms with Crippen LogP contribution < -0.4 is 10.2 Å². The molecule has 0 aliphatic heterocycles. The van der Waals surface area contributed by atoms with Crippen LogP contribution in [0, 0.1) is 0 Å². The molecule has 0 heterocycles. The largest absolute Gasteiger partial charge is 0.456 e. The van der Waals surface area contributed by atoms with E-state index in [1.54, 1.807) is 27.8 Å². The van der Waals surface area contributed by atoms with E-state index in [1.807, 2.05) is 43.3 Å². The number of hydrogen-bond donors (Lipinski definition) is 1. The highest BCUT2D eigenvalue weighted by molar-refractivity contribution is 5.80. The fourth-order valence-corrected chi connectivity index (χ4v) is 2.32. The first-order valence-electron chi connectivity index (χ1n) is 9.60. The molecule has 0 aliphatic carbocycles. The van der Waals surface area contributed by atoms with Crippen LogP contribution in [0.2, 0.25) is 0 Å². The predicted molar refractivity (Wildman–Crippen MR) is 112 cm³/mol. The fraction of sp³-hybridized carbons (Fsp3) is 0.571. The van der Waals surface area contributed by atoms with Crippen molar-refractivity contribution in [3.05, 3.63) is 29.8 Å². The van der Waals surface area contributed by atoms with Gasteiger partial charge in [-0.25, -0.2) is 4.79 Å². The summed E-state index contributed by atoms with van der Waals surface area (Å²) < 4.78 is 10.1. The summed E-state index contributed by atoms with van der Waals surface area (Å²) in [5.41, 5.74) is 1.51. The lowest BCUT2D eigenvalue weighted by Crippen LogP contribution is -2.33. The highest BCUT2D eigenvalue weighted by atomic mass is 16.6. The zero-order valence-corrected chi connectivity index (χ0v) is 18.3. The minimum Gasteiger partial charge on any atom is -0.456 e. The SMILES string of the molecule is CN(Cc1ccc(N(C)C)cc1)C(=O)COC(=O)CCCNC(=O)OC(C)(C)C. The standard InChI is InChI=1S/C21H33N3O5/c1-21(2,3)29-20(27)22-13-7-8-19(26)28-15-18(25)24(6)14-16-9-11-17(12-10-16)23(4)5/h9-12H,7-8,13-15H2,1-6H3,(H,22,27). The number of ether oxygens (including phenoxy) is 2. The second-order valence-corrected chi connectivity index (χ2v) is 8.00. The van der Waals surface area contributed by atoms with Crippen molar-refractivity contribution >= 4 is 23.7 Å². The summed E-state index contributed by atoms with van der Waals surface area (Å²) in [5.74, 6) is -0.755. The van der Waals surface area contributed by atoms with E-state index < -0.39 is 17.7 Å². The summed E-state index contributed by atoms with van der Waals surface area (Å²) in [6.45, 7) is 5.75. The summed E-state index contributed by atoms with van der Waals surface area (Å²) in [5, 5.41) is 2.57. The van der Waals surface area contributed by atoms with Gasteiger partial charge in [0.05, 0.1) is 0 Å². The summed E-state index contributed by atoms with van der Waals surface area (Å²) in [6.07, 6.45) is -0.0136. The lowest BCUT2D eigenvalue weighted by Gasteiger charge is -2.19. The van der Waals surface area contributed by atoms with Gasteiger partial charge in [0.25, 0.3) is 5.91 Å². The summed E-state index contributed by atoms with van der Waals surface area (Å²) in [4.78, 5) is 38.9. The van der Waals surface area contributed by atoms with Crippen molar-refractivity contribution in [3.8, 4) is 0 Å². The molecule has 0 radical (unpaired) electrons. The molecular formula is C21H33N3O5. The van der Waals surface area contributed by atoms with Crippen LogP contribution in [0.5, 0.6) is 0 Å². The Morgan fingerprint density at radius 3 is 2.21 bits per heavy atom. The zero-order chi connectivity index (χ0) is 22.0. The number of carbonyl (C=O) groups is 3. The van der Waals surface area contributed by atoms with Crippen LogP contribution in [0.3, 0.4) is 0 Å².